The van der Waals surface area contributed by atoms with Crippen molar-refractivity contribution in [3.05, 3.63) is 53.6 Å². The van der Waals surface area contributed by atoms with Crippen LogP contribution < -0.4 is 15.4 Å². The molecule has 0 atom stereocenters. The molecule has 0 aromatic heterocycles. The largest absolute Gasteiger partial charge is 0.489 e. The van der Waals surface area contributed by atoms with E-state index in [4.69, 9.17) is 9.84 Å². The first-order chi connectivity index (χ1) is 10.3. The Morgan fingerprint density at radius 3 is 3.00 bits per heavy atom. The Kier molecular flexibility index (Phi) is 3.75. The number of rotatable bonds is 3. The van der Waals surface area contributed by atoms with Crippen molar-refractivity contribution in [2.24, 2.45) is 0 Å². The lowest BCUT2D eigenvalue weighted by Gasteiger charge is -2.21. The highest BCUT2D eigenvalue weighted by atomic mass is 16.5. The summed E-state index contributed by atoms with van der Waals surface area (Å²) in [6, 6.07) is 12.6. The lowest BCUT2D eigenvalue weighted by atomic mass is 10.1. The number of para-hydroxylation sites is 1. The van der Waals surface area contributed by atoms with E-state index in [1.165, 1.54) is 0 Å². The fraction of sp³-hybridized carbons (Fsp3) is 0.188. The second kappa shape index (κ2) is 5.85. The molecule has 0 aliphatic carbocycles. The number of amides is 1. The second-order valence-corrected chi connectivity index (χ2v) is 4.77. The van der Waals surface area contributed by atoms with E-state index in [1.54, 1.807) is 30.3 Å². The van der Waals surface area contributed by atoms with Crippen LogP contribution >= 0.6 is 0 Å². The third-order valence-corrected chi connectivity index (χ3v) is 3.29. The number of aliphatic hydroxyl groups is 1. The highest BCUT2D eigenvalue weighted by Crippen LogP contribution is 2.31. The van der Waals surface area contributed by atoms with Crippen molar-refractivity contribution in [3.63, 3.8) is 0 Å². The molecule has 0 fully saturated rings. The molecule has 0 unspecified atom stereocenters. The monoisotopic (exact) mass is 284 g/mol. The maximum absolute atomic E-state index is 12.4. The summed E-state index contributed by atoms with van der Waals surface area (Å²) in [6.07, 6.45) is 0. The van der Waals surface area contributed by atoms with E-state index < -0.39 is 0 Å². The average Bonchev–Trinajstić information content (AvgIpc) is 2.54. The maximum Gasteiger partial charge on any atom is 0.259 e. The fourth-order valence-electron chi connectivity index (χ4n) is 2.30. The third kappa shape index (κ3) is 2.83. The van der Waals surface area contributed by atoms with Crippen molar-refractivity contribution in [1.82, 2.24) is 0 Å². The number of nitrogens with one attached hydrogen (secondary N) is 2. The zero-order valence-corrected chi connectivity index (χ0v) is 11.4. The minimum absolute atomic E-state index is 0.0581. The van der Waals surface area contributed by atoms with Crippen LogP contribution in [0.2, 0.25) is 0 Å². The van der Waals surface area contributed by atoms with Crippen molar-refractivity contribution in [2.75, 3.05) is 23.8 Å². The van der Waals surface area contributed by atoms with E-state index in [9.17, 15) is 4.79 Å². The molecule has 1 aliphatic heterocycles. The SMILES string of the molecule is O=C(Nc1cccc(CO)c1)c1cccc2c1OCCN2. The number of fused-ring (bicyclic) bond motifs is 1. The van der Waals surface area contributed by atoms with Gasteiger partial charge in [0.25, 0.3) is 5.91 Å². The van der Waals surface area contributed by atoms with Crippen molar-refractivity contribution < 1.29 is 14.6 Å². The van der Waals surface area contributed by atoms with E-state index in [1.807, 2.05) is 12.1 Å². The number of carbonyl (C=O) groups excluding carboxylic acids is 1. The molecule has 1 heterocycles. The first-order valence-corrected chi connectivity index (χ1v) is 6.79. The number of anilines is 2. The summed E-state index contributed by atoms with van der Waals surface area (Å²) >= 11 is 0. The van der Waals surface area contributed by atoms with E-state index in [0.717, 1.165) is 17.8 Å². The Labute approximate surface area is 122 Å². The minimum Gasteiger partial charge on any atom is -0.489 e. The summed E-state index contributed by atoms with van der Waals surface area (Å²) in [5, 5.41) is 15.2. The van der Waals surface area contributed by atoms with Crippen molar-refractivity contribution in [3.8, 4) is 5.75 Å². The van der Waals surface area contributed by atoms with E-state index >= 15 is 0 Å². The molecule has 0 saturated heterocycles. The molecular formula is C16H16N2O3. The standard InChI is InChI=1S/C16H16N2O3/c19-10-11-3-1-4-12(9-11)18-16(20)13-5-2-6-14-15(13)21-8-7-17-14/h1-6,9,17,19H,7-8,10H2,(H,18,20). The van der Waals surface area contributed by atoms with Gasteiger partial charge in [-0.15, -0.1) is 0 Å². The molecule has 0 saturated carbocycles. The quantitative estimate of drug-likeness (QED) is 0.808. The summed E-state index contributed by atoms with van der Waals surface area (Å²) in [4.78, 5) is 12.4. The summed E-state index contributed by atoms with van der Waals surface area (Å²) in [6.45, 7) is 1.21. The molecule has 1 amide bonds. The van der Waals surface area contributed by atoms with Crippen molar-refractivity contribution >= 4 is 17.3 Å². The number of carbonyl (C=O) groups is 1. The smallest absolute Gasteiger partial charge is 0.259 e. The summed E-state index contributed by atoms with van der Waals surface area (Å²) in [7, 11) is 0. The van der Waals surface area contributed by atoms with Gasteiger partial charge in [0, 0.05) is 12.2 Å². The first-order valence-electron chi connectivity index (χ1n) is 6.79. The van der Waals surface area contributed by atoms with Crippen molar-refractivity contribution in [2.45, 2.75) is 6.61 Å². The Hall–Kier alpha value is -2.53. The van der Waals surface area contributed by atoms with Gasteiger partial charge in [-0.2, -0.15) is 0 Å². The van der Waals surface area contributed by atoms with Gasteiger partial charge in [-0.1, -0.05) is 18.2 Å². The second-order valence-electron chi connectivity index (χ2n) is 4.77. The molecule has 1 aliphatic rings. The Morgan fingerprint density at radius 1 is 1.29 bits per heavy atom. The lowest BCUT2D eigenvalue weighted by Crippen LogP contribution is -2.21. The molecule has 21 heavy (non-hydrogen) atoms. The van der Waals surface area contributed by atoms with Gasteiger partial charge in [0.05, 0.1) is 17.9 Å². The normalized spacial score (nSPS) is 12.8. The molecule has 2 aromatic rings. The number of hydrogen-bond acceptors (Lipinski definition) is 4. The van der Waals surface area contributed by atoms with Crippen molar-refractivity contribution in [1.29, 1.82) is 0 Å². The predicted molar refractivity (Wildman–Crippen MR) is 80.7 cm³/mol. The fourth-order valence-corrected chi connectivity index (χ4v) is 2.30. The zero-order valence-electron chi connectivity index (χ0n) is 11.4. The molecule has 5 nitrogen and oxygen atoms in total. The van der Waals surface area contributed by atoms with Crippen LogP contribution in [-0.2, 0) is 6.61 Å². The number of aliphatic hydroxyl groups excluding tert-OH is 1. The number of hydrogen-bond donors (Lipinski definition) is 3. The molecule has 5 heteroatoms. The molecular weight excluding hydrogens is 268 g/mol. The van der Waals surface area contributed by atoms with Gasteiger partial charge >= 0.3 is 0 Å². The Morgan fingerprint density at radius 2 is 2.14 bits per heavy atom. The predicted octanol–water partition coefficient (Wildman–Crippen LogP) is 2.24. The van der Waals surface area contributed by atoms with Crippen LogP contribution in [0.25, 0.3) is 0 Å². The van der Waals surface area contributed by atoms with Crippen LogP contribution in [0.5, 0.6) is 5.75 Å². The Balaban J connectivity index is 1.85. The average molecular weight is 284 g/mol. The summed E-state index contributed by atoms with van der Waals surface area (Å²) < 4.78 is 5.59. The van der Waals surface area contributed by atoms with Gasteiger partial charge in [0.2, 0.25) is 0 Å². The topological polar surface area (TPSA) is 70.6 Å². The van der Waals surface area contributed by atoms with Gasteiger partial charge in [-0.05, 0) is 29.8 Å². The lowest BCUT2D eigenvalue weighted by molar-refractivity contribution is 0.102. The van der Waals surface area contributed by atoms with Crippen LogP contribution in [0.15, 0.2) is 42.5 Å². The van der Waals surface area contributed by atoms with E-state index in [0.29, 0.717) is 23.6 Å². The van der Waals surface area contributed by atoms with Gasteiger partial charge in [-0.3, -0.25) is 4.79 Å². The minimum atomic E-state index is -0.231. The van der Waals surface area contributed by atoms with Crippen LogP contribution in [0.4, 0.5) is 11.4 Å². The summed E-state index contributed by atoms with van der Waals surface area (Å²) in [5.74, 6) is 0.352. The molecule has 3 rings (SSSR count). The van der Waals surface area contributed by atoms with Gasteiger partial charge in [-0.25, -0.2) is 0 Å². The highest BCUT2D eigenvalue weighted by molar-refractivity contribution is 6.07. The highest BCUT2D eigenvalue weighted by Gasteiger charge is 2.19. The van der Waals surface area contributed by atoms with Crippen LogP contribution in [0.1, 0.15) is 15.9 Å². The van der Waals surface area contributed by atoms with E-state index in [-0.39, 0.29) is 12.5 Å². The first kappa shape index (κ1) is 13.5. The van der Waals surface area contributed by atoms with Crippen LogP contribution in [-0.4, -0.2) is 24.2 Å². The molecule has 2 aromatic carbocycles. The van der Waals surface area contributed by atoms with Crippen LogP contribution in [0.3, 0.4) is 0 Å². The number of benzene rings is 2. The third-order valence-electron chi connectivity index (χ3n) is 3.29. The van der Waals surface area contributed by atoms with E-state index in [2.05, 4.69) is 10.6 Å². The van der Waals surface area contributed by atoms with Gasteiger partial charge in [0.15, 0.2) is 5.75 Å². The van der Waals surface area contributed by atoms with Gasteiger partial charge < -0.3 is 20.5 Å². The van der Waals surface area contributed by atoms with Gasteiger partial charge in [0.1, 0.15) is 6.61 Å². The number of ether oxygens (including phenoxy) is 1. The molecule has 0 radical (unpaired) electrons. The Bertz CT molecular complexity index is 670. The molecule has 3 N–H and O–H groups in total. The van der Waals surface area contributed by atoms with Crippen LogP contribution in [0, 0.1) is 0 Å². The molecule has 0 bridgehead atoms. The zero-order chi connectivity index (χ0) is 14.7. The summed E-state index contributed by atoms with van der Waals surface area (Å²) in [5.41, 5.74) is 2.72. The maximum atomic E-state index is 12.4. The molecule has 108 valence electrons. The molecule has 0 spiro atoms.